The predicted molar refractivity (Wildman–Crippen MR) is 97.7 cm³/mol. The summed E-state index contributed by atoms with van der Waals surface area (Å²) in [6.07, 6.45) is -2.95. The first-order chi connectivity index (χ1) is 13.8. The molecular formula is C19H17F3N4O3. The molecule has 0 saturated heterocycles. The van der Waals surface area contributed by atoms with Crippen LogP contribution in [0.3, 0.4) is 0 Å². The summed E-state index contributed by atoms with van der Waals surface area (Å²) in [6, 6.07) is 7.84. The van der Waals surface area contributed by atoms with E-state index in [2.05, 4.69) is 20.6 Å². The first-order valence-electron chi connectivity index (χ1n) is 8.56. The number of nitrogens with one attached hydrogen (secondary N) is 3. The molecule has 2 aromatic carbocycles. The molecule has 0 bridgehead atoms. The van der Waals surface area contributed by atoms with Gasteiger partial charge in [-0.2, -0.15) is 13.2 Å². The van der Waals surface area contributed by atoms with Crippen molar-refractivity contribution in [2.45, 2.75) is 18.8 Å². The van der Waals surface area contributed by atoms with Crippen molar-refractivity contribution >= 4 is 22.8 Å². The van der Waals surface area contributed by atoms with E-state index in [9.17, 15) is 27.9 Å². The molecule has 10 heteroatoms. The second kappa shape index (κ2) is 8.31. The number of alkyl halides is 3. The first kappa shape index (κ1) is 20.3. The van der Waals surface area contributed by atoms with E-state index < -0.39 is 36.2 Å². The number of nitrogens with zero attached hydrogens (tertiary/aromatic N) is 1. The maximum absolute atomic E-state index is 12.6. The topological polar surface area (TPSA) is 107 Å². The van der Waals surface area contributed by atoms with Gasteiger partial charge >= 0.3 is 6.18 Å². The summed E-state index contributed by atoms with van der Waals surface area (Å²) >= 11 is 0. The number of carbonyl (C=O) groups excluding carboxylic acids is 2. The summed E-state index contributed by atoms with van der Waals surface area (Å²) in [5.41, 5.74) is 1.25. The van der Waals surface area contributed by atoms with Crippen molar-refractivity contribution in [3.05, 3.63) is 65.5 Å². The normalized spacial score (nSPS) is 12.6. The smallest absolute Gasteiger partial charge is 0.394 e. The third-order valence-corrected chi connectivity index (χ3v) is 4.23. The van der Waals surface area contributed by atoms with Gasteiger partial charge in [0.1, 0.15) is 6.04 Å². The third-order valence-electron chi connectivity index (χ3n) is 4.23. The van der Waals surface area contributed by atoms with Gasteiger partial charge in [0.2, 0.25) is 5.91 Å². The minimum atomic E-state index is -4.44. The van der Waals surface area contributed by atoms with Crippen LogP contribution in [-0.2, 0) is 17.5 Å². The number of fused-ring (bicyclic) bond motifs is 1. The molecule has 0 aliphatic carbocycles. The second-order valence-electron chi connectivity index (χ2n) is 6.26. The number of aromatic nitrogens is 2. The number of rotatable bonds is 6. The lowest BCUT2D eigenvalue weighted by molar-refractivity contribution is -0.137. The Bertz CT molecular complexity index is 1020. The second-order valence-corrected chi connectivity index (χ2v) is 6.26. The summed E-state index contributed by atoms with van der Waals surface area (Å²) in [5, 5.41) is 14.3. The molecule has 7 nitrogen and oxygen atoms in total. The van der Waals surface area contributed by atoms with E-state index >= 15 is 0 Å². The van der Waals surface area contributed by atoms with Gasteiger partial charge in [0.25, 0.3) is 5.91 Å². The number of benzene rings is 2. The number of aliphatic hydroxyl groups excluding tert-OH is 1. The Kier molecular flexibility index (Phi) is 5.83. The van der Waals surface area contributed by atoms with Gasteiger partial charge in [0, 0.05) is 12.1 Å². The summed E-state index contributed by atoms with van der Waals surface area (Å²) in [4.78, 5) is 31.5. The van der Waals surface area contributed by atoms with Crippen molar-refractivity contribution in [2.24, 2.45) is 0 Å². The molecule has 0 aliphatic heterocycles. The molecule has 0 unspecified atom stereocenters. The average molecular weight is 406 g/mol. The summed E-state index contributed by atoms with van der Waals surface area (Å²) in [6.45, 7) is -0.694. The number of hydrogen-bond acceptors (Lipinski definition) is 4. The van der Waals surface area contributed by atoms with Crippen LogP contribution in [0.1, 0.15) is 21.5 Å². The molecule has 29 heavy (non-hydrogen) atoms. The molecule has 2 amide bonds. The summed E-state index contributed by atoms with van der Waals surface area (Å²) in [5.74, 6) is -1.23. The molecule has 152 valence electrons. The first-order valence-corrected chi connectivity index (χ1v) is 8.56. The zero-order valence-corrected chi connectivity index (χ0v) is 15.0. The van der Waals surface area contributed by atoms with Gasteiger partial charge in [-0.05, 0) is 35.9 Å². The minimum absolute atomic E-state index is 0.0521. The number of hydrogen-bond donors (Lipinski definition) is 4. The van der Waals surface area contributed by atoms with Gasteiger partial charge in [-0.1, -0.05) is 12.1 Å². The molecule has 0 fully saturated rings. The number of aromatic amines is 1. The fourth-order valence-electron chi connectivity index (χ4n) is 2.64. The zero-order chi connectivity index (χ0) is 21.0. The minimum Gasteiger partial charge on any atom is -0.394 e. The van der Waals surface area contributed by atoms with E-state index in [1.54, 1.807) is 12.1 Å². The Labute approximate surface area is 163 Å². The molecule has 0 spiro atoms. The predicted octanol–water partition coefficient (Wildman–Crippen LogP) is 1.99. The molecule has 1 heterocycles. The van der Waals surface area contributed by atoms with Crippen LogP contribution in [0, 0.1) is 0 Å². The lowest BCUT2D eigenvalue weighted by atomic mass is 10.1. The third kappa shape index (κ3) is 4.91. The lowest BCUT2D eigenvalue weighted by Crippen LogP contribution is -2.48. The molecule has 4 N–H and O–H groups in total. The molecule has 3 aromatic rings. The zero-order valence-electron chi connectivity index (χ0n) is 15.0. The summed E-state index contributed by atoms with van der Waals surface area (Å²) in [7, 11) is 0. The van der Waals surface area contributed by atoms with Crippen molar-refractivity contribution in [1.29, 1.82) is 0 Å². The highest BCUT2D eigenvalue weighted by Crippen LogP contribution is 2.29. The SMILES string of the molecule is O=C(N[C@@H](CO)C(=O)NCc1ccc(C(F)(F)F)cc1)c1ccc2nc[nH]c2c1. The Hall–Kier alpha value is -3.40. The Balaban J connectivity index is 1.59. The van der Waals surface area contributed by atoms with Crippen molar-refractivity contribution in [3.63, 3.8) is 0 Å². The van der Waals surface area contributed by atoms with E-state index in [1.807, 2.05) is 0 Å². The van der Waals surface area contributed by atoms with E-state index in [-0.39, 0.29) is 12.1 Å². The van der Waals surface area contributed by atoms with E-state index in [0.717, 1.165) is 12.1 Å². The van der Waals surface area contributed by atoms with Crippen molar-refractivity contribution in [2.75, 3.05) is 6.61 Å². The van der Waals surface area contributed by atoms with E-state index in [0.29, 0.717) is 16.6 Å². The van der Waals surface area contributed by atoms with Crippen LogP contribution < -0.4 is 10.6 Å². The fourth-order valence-corrected chi connectivity index (χ4v) is 2.64. The molecule has 0 aliphatic rings. The number of H-pyrrole nitrogens is 1. The summed E-state index contributed by atoms with van der Waals surface area (Å²) < 4.78 is 37.7. The Morgan fingerprint density at radius 3 is 2.52 bits per heavy atom. The van der Waals surface area contributed by atoms with Crippen LogP contribution in [0.15, 0.2) is 48.8 Å². The van der Waals surface area contributed by atoms with Crippen LogP contribution in [0.2, 0.25) is 0 Å². The maximum Gasteiger partial charge on any atom is 0.416 e. The number of imidazole rings is 1. The highest BCUT2D eigenvalue weighted by Gasteiger charge is 2.30. The monoisotopic (exact) mass is 406 g/mol. The molecular weight excluding hydrogens is 389 g/mol. The highest BCUT2D eigenvalue weighted by atomic mass is 19.4. The number of amides is 2. The quantitative estimate of drug-likeness (QED) is 0.502. The largest absolute Gasteiger partial charge is 0.416 e. The van der Waals surface area contributed by atoms with Crippen LogP contribution >= 0.6 is 0 Å². The van der Waals surface area contributed by atoms with Crippen molar-refractivity contribution in [1.82, 2.24) is 20.6 Å². The molecule has 3 rings (SSSR count). The van der Waals surface area contributed by atoms with Gasteiger partial charge in [-0.15, -0.1) is 0 Å². The molecule has 0 radical (unpaired) electrons. The highest BCUT2D eigenvalue weighted by molar-refractivity contribution is 5.99. The number of aliphatic hydroxyl groups is 1. The fraction of sp³-hybridized carbons (Fsp3) is 0.211. The number of carbonyl (C=O) groups is 2. The van der Waals surface area contributed by atoms with Gasteiger partial charge in [0.15, 0.2) is 0 Å². The molecule has 1 atom stereocenters. The van der Waals surface area contributed by atoms with E-state index in [1.165, 1.54) is 24.5 Å². The average Bonchev–Trinajstić information content (AvgIpc) is 3.17. The van der Waals surface area contributed by atoms with Crippen molar-refractivity contribution < 1.29 is 27.9 Å². The molecule has 1 aromatic heterocycles. The van der Waals surface area contributed by atoms with Crippen LogP contribution in [-0.4, -0.2) is 39.5 Å². The van der Waals surface area contributed by atoms with Crippen LogP contribution in [0.4, 0.5) is 13.2 Å². The Morgan fingerprint density at radius 2 is 1.86 bits per heavy atom. The van der Waals surface area contributed by atoms with Gasteiger partial charge in [-0.25, -0.2) is 4.98 Å². The maximum atomic E-state index is 12.6. The van der Waals surface area contributed by atoms with Crippen LogP contribution in [0.5, 0.6) is 0 Å². The van der Waals surface area contributed by atoms with Crippen LogP contribution in [0.25, 0.3) is 11.0 Å². The molecule has 0 saturated carbocycles. The Morgan fingerprint density at radius 1 is 1.14 bits per heavy atom. The van der Waals surface area contributed by atoms with Gasteiger partial charge in [0.05, 0.1) is 29.5 Å². The number of halogens is 3. The van der Waals surface area contributed by atoms with Gasteiger partial charge < -0.3 is 20.7 Å². The van der Waals surface area contributed by atoms with E-state index in [4.69, 9.17) is 0 Å². The van der Waals surface area contributed by atoms with Crippen molar-refractivity contribution in [3.8, 4) is 0 Å². The standard InChI is InChI=1S/C19H17F3N4O3/c20-19(21,22)13-4-1-11(2-5-13)8-23-18(29)16(9-27)26-17(28)12-3-6-14-15(7-12)25-10-24-14/h1-7,10,16,27H,8-9H2,(H,23,29)(H,24,25)(H,26,28)/t16-/m0/s1. The van der Waals surface area contributed by atoms with Gasteiger partial charge in [-0.3, -0.25) is 9.59 Å². The lowest BCUT2D eigenvalue weighted by Gasteiger charge is -2.16.